The molecule has 0 aromatic rings. The number of rotatable bonds is 0. The first-order valence-electron chi connectivity index (χ1n) is 0. The fraction of sp³-hybridized carbons (Fsp3) is 0. The van der Waals surface area contributed by atoms with Gasteiger partial charge in [0, 0.05) is 43.2 Å². The van der Waals surface area contributed by atoms with Gasteiger partial charge in [0.25, 0.3) is 0 Å². The first-order chi connectivity index (χ1) is 0. The van der Waals surface area contributed by atoms with E-state index in [4.69, 9.17) is 0 Å². The summed E-state index contributed by atoms with van der Waals surface area (Å²) in [6.45, 7) is 0. The second kappa shape index (κ2) is 19.3. The van der Waals surface area contributed by atoms with E-state index in [1.165, 1.54) is 0 Å². The van der Waals surface area contributed by atoms with Crippen LogP contribution in [-0.2, 0) is 31.3 Å². The van der Waals surface area contributed by atoms with Crippen LogP contribution in [0.4, 0.5) is 0 Å². The van der Waals surface area contributed by atoms with Crippen LogP contribution in [0.2, 0.25) is 0 Å². The van der Waals surface area contributed by atoms with Gasteiger partial charge < -0.3 is 5.48 Å². The standard InChI is InChI=1S/Al.Mg.O.Sc/q;+2;-2;. The Hall–Kier alpha value is 2.13. The fourth-order valence-corrected chi connectivity index (χ4v) is 0. The van der Waals surface area contributed by atoms with E-state index in [9.17, 15) is 0 Å². The van der Waals surface area contributed by atoms with Crippen LogP contribution >= 0.6 is 0 Å². The fourth-order valence-electron chi connectivity index (χ4n) is 0. The summed E-state index contributed by atoms with van der Waals surface area (Å²) in [6.07, 6.45) is 0. The topological polar surface area (TPSA) is 28.5 Å². The molecule has 1 nitrogen and oxygen atoms in total. The van der Waals surface area contributed by atoms with E-state index in [1.54, 1.807) is 0 Å². The minimum absolute atomic E-state index is 0. The average Bonchev–Trinajstić information content (AvgIpc) is 0. The molecule has 4 heteroatoms. The molecule has 0 spiro atoms. The van der Waals surface area contributed by atoms with Gasteiger partial charge in [0.15, 0.2) is 0 Å². The first kappa shape index (κ1) is 35.6. The summed E-state index contributed by atoms with van der Waals surface area (Å²) in [6, 6.07) is 0. The zero-order valence-electron chi connectivity index (χ0n) is 2.27. The third kappa shape index (κ3) is 8.92. The van der Waals surface area contributed by atoms with Crippen LogP contribution in [0.15, 0.2) is 0 Å². The second-order valence-corrected chi connectivity index (χ2v) is 0. The molecule has 0 aliphatic heterocycles. The normalized spacial score (nSPS) is 0. The molecule has 0 aromatic heterocycles. The van der Waals surface area contributed by atoms with Gasteiger partial charge in [-0.1, -0.05) is 0 Å². The van der Waals surface area contributed by atoms with E-state index in [2.05, 4.69) is 0 Å². The van der Waals surface area contributed by atoms with E-state index < -0.39 is 0 Å². The zero-order valence-corrected chi connectivity index (χ0v) is 6.64. The molecular weight excluding hydrogens is 112 g/mol. The van der Waals surface area contributed by atoms with Crippen molar-refractivity contribution in [3.05, 3.63) is 0 Å². The van der Waals surface area contributed by atoms with Gasteiger partial charge in [-0.3, -0.25) is 0 Å². The van der Waals surface area contributed by atoms with Crippen LogP contribution < -0.4 is 0 Å². The van der Waals surface area contributed by atoms with Crippen molar-refractivity contribution in [3.8, 4) is 0 Å². The van der Waals surface area contributed by atoms with Crippen molar-refractivity contribution in [2.75, 3.05) is 0 Å². The van der Waals surface area contributed by atoms with Gasteiger partial charge >= 0.3 is 23.1 Å². The number of hydrogen-bond acceptors (Lipinski definition) is 0. The predicted octanol–water partition coefficient (Wildman–Crippen LogP) is -0.883. The molecule has 0 aliphatic carbocycles. The van der Waals surface area contributed by atoms with Crippen molar-refractivity contribution in [2.24, 2.45) is 0 Å². The Morgan fingerprint density at radius 2 is 1.00 bits per heavy atom. The molecule has 0 N–H and O–H groups in total. The molecule has 0 rings (SSSR count). The minimum atomic E-state index is 0. The second-order valence-electron chi connectivity index (χ2n) is 0. The van der Waals surface area contributed by atoms with Crippen LogP contribution in [0, 0.1) is 0 Å². The summed E-state index contributed by atoms with van der Waals surface area (Å²) in [5.41, 5.74) is 0. The van der Waals surface area contributed by atoms with E-state index >= 15 is 0 Å². The SMILES string of the molecule is [Al].[Mg+2].[O-2].[Sc]. The smallest absolute Gasteiger partial charge is 2.00 e. The molecule has 0 atom stereocenters. The van der Waals surface area contributed by atoms with E-state index in [0.717, 1.165) is 0 Å². The summed E-state index contributed by atoms with van der Waals surface area (Å²) >= 11 is 0. The van der Waals surface area contributed by atoms with Crippen LogP contribution in [0.25, 0.3) is 0 Å². The van der Waals surface area contributed by atoms with Gasteiger partial charge in [-0.15, -0.1) is 0 Å². The maximum atomic E-state index is 0. The molecule has 0 saturated heterocycles. The van der Waals surface area contributed by atoms with Crippen molar-refractivity contribution < 1.29 is 31.3 Å². The molecule has 4 heavy (non-hydrogen) atoms. The van der Waals surface area contributed by atoms with Gasteiger partial charge in [-0.25, -0.2) is 0 Å². The number of hydrogen-bond donors (Lipinski definition) is 0. The third-order valence-corrected chi connectivity index (χ3v) is 0. The largest absolute Gasteiger partial charge is 2.00 e. The van der Waals surface area contributed by atoms with Crippen LogP contribution in [0.3, 0.4) is 0 Å². The molecule has 0 amide bonds. The van der Waals surface area contributed by atoms with Crippen molar-refractivity contribution in [3.63, 3.8) is 0 Å². The van der Waals surface area contributed by atoms with Crippen molar-refractivity contribution in [2.45, 2.75) is 0 Å². The van der Waals surface area contributed by atoms with E-state index in [-0.39, 0.29) is 71.7 Å². The molecule has 0 heterocycles. The minimum Gasteiger partial charge on any atom is -2.00 e. The van der Waals surface area contributed by atoms with Crippen LogP contribution in [0.5, 0.6) is 0 Å². The zero-order chi connectivity index (χ0) is 0. The summed E-state index contributed by atoms with van der Waals surface area (Å²) in [5, 5.41) is 0. The van der Waals surface area contributed by atoms with Gasteiger partial charge in [0.2, 0.25) is 0 Å². The quantitative estimate of drug-likeness (QED) is 0.364. The maximum absolute atomic E-state index is 0. The third-order valence-electron chi connectivity index (χ3n) is 0. The van der Waals surface area contributed by atoms with Gasteiger partial charge in [-0.05, 0) is 0 Å². The van der Waals surface area contributed by atoms with Crippen LogP contribution in [0.1, 0.15) is 0 Å². The van der Waals surface area contributed by atoms with E-state index in [1.807, 2.05) is 0 Å². The van der Waals surface area contributed by atoms with E-state index in [0.29, 0.717) is 0 Å². The Kier molecular flexibility index (Phi) is 172. The van der Waals surface area contributed by atoms with Crippen molar-refractivity contribution in [1.82, 2.24) is 0 Å². The molecule has 4 radical (unpaired) electrons. The average molecular weight is 112 g/mol. The summed E-state index contributed by atoms with van der Waals surface area (Å²) in [5.74, 6) is 0. The Balaban J connectivity index is 0. The van der Waals surface area contributed by atoms with Gasteiger partial charge in [0.1, 0.15) is 0 Å². The maximum Gasteiger partial charge on any atom is 2.00 e. The monoisotopic (exact) mass is 112 g/mol. The molecule has 0 fully saturated rings. The van der Waals surface area contributed by atoms with Crippen molar-refractivity contribution >= 4 is 40.4 Å². The molecule has 0 unspecified atom stereocenters. The van der Waals surface area contributed by atoms with Gasteiger partial charge in [-0.2, -0.15) is 0 Å². The predicted molar refractivity (Wildman–Crippen MR) is 12.2 cm³/mol. The summed E-state index contributed by atoms with van der Waals surface area (Å²) in [7, 11) is 0. The van der Waals surface area contributed by atoms with Gasteiger partial charge in [0.05, 0.1) is 0 Å². The molecule has 0 saturated carbocycles. The Labute approximate surface area is 70.9 Å². The van der Waals surface area contributed by atoms with Crippen molar-refractivity contribution in [1.29, 1.82) is 0 Å². The summed E-state index contributed by atoms with van der Waals surface area (Å²) in [4.78, 5) is 0. The van der Waals surface area contributed by atoms with Crippen LogP contribution in [-0.4, -0.2) is 40.4 Å². The molecule has 0 bridgehead atoms. The Morgan fingerprint density at radius 3 is 1.00 bits per heavy atom. The Morgan fingerprint density at radius 1 is 1.00 bits per heavy atom. The molecule has 0 aliphatic rings. The summed E-state index contributed by atoms with van der Waals surface area (Å²) < 4.78 is 0. The molecular formula is AlMgOSc. The first-order valence-corrected chi connectivity index (χ1v) is 0. The Bertz CT molecular complexity index is 8.00. The molecule has 14 valence electrons. The molecule has 0 aromatic carbocycles.